The van der Waals surface area contributed by atoms with Gasteiger partial charge in [0.2, 0.25) is 0 Å². The molecule has 0 aliphatic rings. The van der Waals surface area contributed by atoms with Crippen molar-refractivity contribution in [2.45, 2.75) is 6.54 Å². The summed E-state index contributed by atoms with van der Waals surface area (Å²) in [5, 5.41) is 12.5. The van der Waals surface area contributed by atoms with Gasteiger partial charge in [0.15, 0.2) is 10.4 Å². The molecule has 1 aromatic carbocycles. The van der Waals surface area contributed by atoms with Gasteiger partial charge in [-0.05, 0) is 6.07 Å². The SMILES string of the molecule is Cn1ccsc1=NC(=O)Cn1c(=O)oc2cc([N+](=O)[O-])ccc21. The van der Waals surface area contributed by atoms with E-state index in [9.17, 15) is 19.7 Å². The monoisotopic (exact) mass is 334 g/mol. The number of carbonyl (C=O) groups is 1. The summed E-state index contributed by atoms with van der Waals surface area (Å²) in [5.41, 5.74) is 0.165. The highest BCUT2D eigenvalue weighted by Crippen LogP contribution is 2.19. The minimum atomic E-state index is -0.764. The number of fused-ring (bicyclic) bond motifs is 1. The number of nitro groups is 1. The van der Waals surface area contributed by atoms with Crippen LogP contribution in [-0.2, 0) is 18.4 Å². The zero-order chi connectivity index (χ0) is 16.6. The molecule has 0 unspecified atom stereocenters. The number of aromatic nitrogens is 2. The zero-order valence-corrected chi connectivity index (χ0v) is 12.6. The number of nitrogens with zero attached hydrogens (tertiary/aromatic N) is 4. The first-order valence-electron chi connectivity index (χ1n) is 6.41. The van der Waals surface area contributed by atoms with Crippen molar-refractivity contribution >= 4 is 34.0 Å². The van der Waals surface area contributed by atoms with Crippen LogP contribution in [0.3, 0.4) is 0 Å². The average Bonchev–Trinajstić information content (AvgIpc) is 3.03. The van der Waals surface area contributed by atoms with E-state index >= 15 is 0 Å². The number of oxazole rings is 1. The number of non-ortho nitro benzene ring substituents is 1. The van der Waals surface area contributed by atoms with Crippen LogP contribution in [0.2, 0.25) is 0 Å². The predicted octanol–water partition coefficient (Wildman–Crippen LogP) is 1.03. The second kappa shape index (κ2) is 5.65. The molecule has 0 aliphatic carbocycles. The standard InChI is InChI=1S/C13H10N4O5S/c1-15-4-5-23-12(15)14-11(18)7-16-9-3-2-8(17(20)21)6-10(9)22-13(16)19/h2-6H,7H2,1H3. The summed E-state index contributed by atoms with van der Waals surface area (Å²) < 4.78 is 7.73. The molecule has 2 heterocycles. The molecule has 1 amide bonds. The van der Waals surface area contributed by atoms with Gasteiger partial charge in [0, 0.05) is 24.7 Å². The zero-order valence-electron chi connectivity index (χ0n) is 11.8. The van der Waals surface area contributed by atoms with E-state index in [-0.39, 0.29) is 17.8 Å². The molecule has 0 fully saturated rings. The summed E-state index contributed by atoms with van der Waals surface area (Å²) in [6, 6.07) is 3.76. The fraction of sp³-hybridized carbons (Fsp3) is 0.154. The van der Waals surface area contributed by atoms with E-state index in [1.165, 1.54) is 23.5 Å². The van der Waals surface area contributed by atoms with E-state index in [1.807, 2.05) is 0 Å². The van der Waals surface area contributed by atoms with Crippen LogP contribution in [0.25, 0.3) is 11.1 Å². The van der Waals surface area contributed by atoms with Gasteiger partial charge in [0.25, 0.3) is 11.6 Å². The number of rotatable bonds is 3. The van der Waals surface area contributed by atoms with Crippen LogP contribution in [0.4, 0.5) is 5.69 Å². The highest BCUT2D eigenvalue weighted by atomic mass is 32.1. The van der Waals surface area contributed by atoms with Crippen molar-refractivity contribution < 1.29 is 14.1 Å². The van der Waals surface area contributed by atoms with Crippen molar-refractivity contribution in [3.8, 4) is 0 Å². The lowest BCUT2D eigenvalue weighted by Crippen LogP contribution is -2.21. The molecule has 9 nitrogen and oxygen atoms in total. The van der Waals surface area contributed by atoms with Gasteiger partial charge in [-0.3, -0.25) is 19.5 Å². The summed E-state index contributed by atoms with van der Waals surface area (Å²) in [7, 11) is 1.75. The average molecular weight is 334 g/mol. The normalized spacial score (nSPS) is 12.0. The van der Waals surface area contributed by atoms with Gasteiger partial charge in [-0.1, -0.05) is 0 Å². The maximum absolute atomic E-state index is 12.0. The summed E-state index contributed by atoms with van der Waals surface area (Å²) >= 11 is 1.29. The Labute approximate surface area is 131 Å². The molecule has 0 N–H and O–H groups in total. The van der Waals surface area contributed by atoms with Crippen molar-refractivity contribution in [2.24, 2.45) is 12.0 Å². The van der Waals surface area contributed by atoms with E-state index < -0.39 is 16.6 Å². The Morgan fingerprint density at radius 2 is 2.26 bits per heavy atom. The van der Waals surface area contributed by atoms with E-state index in [4.69, 9.17) is 4.42 Å². The molecule has 0 bridgehead atoms. The number of amides is 1. The fourth-order valence-corrected chi connectivity index (χ4v) is 2.78. The molecule has 10 heteroatoms. The lowest BCUT2D eigenvalue weighted by Gasteiger charge is -1.98. The number of carbonyl (C=O) groups excluding carboxylic acids is 1. The third kappa shape index (κ3) is 2.83. The number of nitro benzene ring substituents is 1. The minimum absolute atomic E-state index is 0.0543. The van der Waals surface area contributed by atoms with Crippen molar-refractivity contribution in [2.75, 3.05) is 0 Å². The second-order valence-electron chi connectivity index (χ2n) is 4.67. The van der Waals surface area contributed by atoms with Crippen LogP contribution in [0.1, 0.15) is 0 Å². The smallest absolute Gasteiger partial charge is 0.407 e. The maximum atomic E-state index is 12.0. The number of hydrogen-bond donors (Lipinski definition) is 0. The predicted molar refractivity (Wildman–Crippen MR) is 81.0 cm³/mol. The van der Waals surface area contributed by atoms with Gasteiger partial charge < -0.3 is 8.98 Å². The molecule has 0 saturated heterocycles. The Kier molecular flexibility index (Phi) is 3.66. The highest BCUT2D eigenvalue weighted by Gasteiger charge is 2.15. The first kappa shape index (κ1) is 14.9. The molecule has 118 valence electrons. The Bertz CT molecular complexity index is 1040. The minimum Gasteiger partial charge on any atom is -0.407 e. The number of aryl methyl sites for hydroxylation is 1. The third-order valence-corrected chi connectivity index (χ3v) is 3.98. The van der Waals surface area contributed by atoms with Gasteiger partial charge in [-0.2, -0.15) is 4.99 Å². The molecule has 0 radical (unpaired) electrons. The number of thiazole rings is 1. The van der Waals surface area contributed by atoms with E-state index in [2.05, 4.69) is 4.99 Å². The number of hydrogen-bond acceptors (Lipinski definition) is 6. The van der Waals surface area contributed by atoms with Crippen molar-refractivity contribution in [1.29, 1.82) is 0 Å². The molecule has 0 saturated carbocycles. The topological polar surface area (TPSA) is 113 Å². The van der Waals surface area contributed by atoms with Crippen molar-refractivity contribution in [3.05, 3.63) is 55.2 Å². The molecule has 23 heavy (non-hydrogen) atoms. The van der Waals surface area contributed by atoms with E-state index in [0.717, 1.165) is 10.6 Å². The second-order valence-corrected chi connectivity index (χ2v) is 5.54. The Morgan fingerprint density at radius 1 is 1.48 bits per heavy atom. The van der Waals surface area contributed by atoms with Crippen LogP contribution in [-0.4, -0.2) is 20.0 Å². The molecule has 0 aliphatic heterocycles. The van der Waals surface area contributed by atoms with Crippen LogP contribution in [0.15, 0.2) is 44.0 Å². The van der Waals surface area contributed by atoms with Crippen molar-refractivity contribution in [1.82, 2.24) is 9.13 Å². The molecule has 3 rings (SSSR count). The van der Waals surface area contributed by atoms with Crippen molar-refractivity contribution in [3.63, 3.8) is 0 Å². The molecule has 0 spiro atoms. The molecule has 0 atom stereocenters. The molecule has 2 aromatic heterocycles. The van der Waals surface area contributed by atoms with Crippen LogP contribution in [0, 0.1) is 10.1 Å². The Balaban J connectivity index is 1.99. The highest BCUT2D eigenvalue weighted by molar-refractivity contribution is 7.07. The van der Waals surface area contributed by atoms with E-state index in [1.54, 1.807) is 23.2 Å². The molecular formula is C13H10N4O5S. The van der Waals surface area contributed by atoms with Crippen LogP contribution in [0.5, 0.6) is 0 Å². The van der Waals surface area contributed by atoms with Crippen LogP contribution >= 0.6 is 11.3 Å². The molecule has 3 aromatic rings. The van der Waals surface area contributed by atoms with Gasteiger partial charge in [0.05, 0.1) is 16.5 Å². The summed E-state index contributed by atoms with van der Waals surface area (Å²) in [4.78, 5) is 38.4. The van der Waals surface area contributed by atoms with Gasteiger partial charge in [-0.25, -0.2) is 4.79 Å². The van der Waals surface area contributed by atoms with Gasteiger partial charge in [0.1, 0.15) is 6.54 Å². The van der Waals surface area contributed by atoms with Crippen LogP contribution < -0.4 is 10.6 Å². The van der Waals surface area contributed by atoms with Gasteiger partial charge >= 0.3 is 5.76 Å². The Hall–Kier alpha value is -3.01. The van der Waals surface area contributed by atoms with Gasteiger partial charge in [-0.15, -0.1) is 11.3 Å². The first-order chi connectivity index (χ1) is 11.0. The Morgan fingerprint density at radius 3 is 2.91 bits per heavy atom. The van der Waals surface area contributed by atoms with E-state index in [0.29, 0.717) is 10.3 Å². The summed E-state index contributed by atoms with van der Waals surface area (Å²) in [6.45, 7) is -0.304. The maximum Gasteiger partial charge on any atom is 0.420 e. The number of benzene rings is 1. The quantitative estimate of drug-likeness (QED) is 0.524. The lowest BCUT2D eigenvalue weighted by atomic mass is 10.3. The lowest BCUT2D eigenvalue weighted by molar-refractivity contribution is -0.384. The summed E-state index contributed by atoms with van der Waals surface area (Å²) in [6.07, 6.45) is 1.76. The fourth-order valence-electron chi connectivity index (χ4n) is 2.03. The largest absolute Gasteiger partial charge is 0.420 e. The molecular weight excluding hydrogens is 324 g/mol. The first-order valence-corrected chi connectivity index (χ1v) is 7.29. The third-order valence-electron chi connectivity index (χ3n) is 3.14. The summed E-state index contributed by atoms with van der Waals surface area (Å²) in [5.74, 6) is -1.29.